The van der Waals surface area contributed by atoms with Crippen LogP contribution in [0.15, 0.2) is 5.16 Å². The van der Waals surface area contributed by atoms with Gasteiger partial charge in [-0.2, -0.15) is 0 Å². The summed E-state index contributed by atoms with van der Waals surface area (Å²) in [6.07, 6.45) is 14.4. The third kappa shape index (κ3) is 2.45. The van der Waals surface area contributed by atoms with Gasteiger partial charge in [-0.1, -0.05) is 24.9 Å². The zero-order chi connectivity index (χ0) is 16.1. The highest BCUT2D eigenvalue weighted by atomic mass is 35.5. The minimum Gasteiger partial charge on any atom is -0.399 e. The Morgan fingerprint density at radius 2 is 1.92 bits per heavy atom. The molecule has 4 aliphatic carbocycles. The second kappa shape index (κ2) is 6.63. The fraction of sp³-hybridized carbons (Fsp3) is 0.900. The van der Waals surface area contributed by atoms with Crippen LogP contribution in [0.2, 0.25) is 0 Å². The van der Waals surface area contributed by atoms with Gasteiger partial charge >= 0.3 is 0 Å². The van der Waals surface area contributed by atoms with E-state index < -0.39 is 0 Å². The van der Waals surface area contributed by atoms with Crippen molar-refractivity contribution >= 4 is 24.4 Å². The van der Waals surface area contributed by atoms with Crippen LogP contribution in [-0.2, 0) is 9.63 Å². The Labute approximate surface area is 152 Å². The van der Waals surface area contributed by atoms with Gasteiger partial charge in [0.05, 0.1) is 11.6 Å². The number of carbonyl (C=O) groups is 1. The molecule has 4 fully saturated rings. The molecule has 0 aromatic heterocycles. The number of oxime groups is 1. The maximum absolute atomic E-state index is 12.7. The van der Waals surface area contributed by atoms with E-state index in [1.165, 1.54) is 44.9 Å². The fourth-order valence-corrected chi connectivity index (χ4v) is 7.18. The third-order valence-electron chi connectivity index (χ3n) is 8.30. The number of Topliss-reactive ketones (excluding diaryl/α,β-unsaturated/α-hetero) is 1. The lowest BCUT2D eigenvalue weighted by molar-refractivity contribution is -0.132. The van der Waals surface area contributed by atoms with Gasteiger partial charge in [0.25, 0.3) is 0 Å². The lowest BCUT2D eigenvalue weighted by Gasteiger charge is -2.59. The first-order valence-electron chi connectivity index (χ1n) is 9.73. The van der Waals surface area contributed by atoms with E-state index >= 15 is 0 Å². The molecule has 0 aromatic rings. The molecule has 4 saturated carbocycles. The molecule has 6 atom stereocenters. The number of rotatable bonds is 2. The van der Waals surface area contributed by atoms with Crippen molar-refractivity contribution in [3.05, 3.63) is 0 Å². The summed E-state index contributed by atoms with van der Waals surface area (Å²) in [6, 6.07) is 0. The van der Waals surface area contributed by atoms with Gasteiger partial charge in [-0.25, -0.2) is 0 Å². The Morgan fingerprint density at radius 3 is 2.71 bits per heavy atom. The Bertz CT molecular complexity index is 522. The quantitative estimate of drug-likeness (QED) is 0.516. The summed E-state index contributed by atoms with van der Waals surface area (Å²) in [5.41, 5.74) is 0.242. The van der Waals surface area contributed by atoms with E-state index in [1.807, 2.05) is 6.21 Å². The lowest BCUT2D eigenvalue weighted by atomic mass is 9.45. The third-order valence-corrected chi connectivity index (χ3v) is 8.30. The number of hydrogen-bond donors (Lipinski definition) is 0. The van der Waals surface area contributed by atoms with Crippen LogP contribution in [0.5, 0.6) is 0 Å². The topological polar surface area (TPSA) is 38.7 Å². The molecular formula is C20H32ClNO2. The number of ketones is 1. The van der Waals surface area contributed by atoms with Crippen molar-refractivity contribution in [2.45, 2.75) is 71.1 Å². The van der Waals surface area contributed by atoms with Crippen molar-refractivity contribution in [1.29, 1.82) is 0 Å². The molecule has 4 heteroatoms. The smallest absolute Gasteiger partial charge is 0.144 e. The van der Waals surface area contributed by atoms with Crippen LogP contribution in [0.25, 0.3) is 0 Å². The molecule has 0 amide bonds. The summed E-state index contributed by atoms with van der Waals surface area (Å²) >= 11 is 0. The van der Waals surface area contributed by atoms with E-state index in [0.29, 0.717) is 17.1 Å². The van der Waals surface area contributed by atoms with Gasteiger partial charge in [0.1, 0.15) is 12.9 Å². The Balaban J connectivity index is 0.00000169. The summed E-state index contributed by atoms with van der Waals surface area (Å²) in [5, 5.41) is 4.07. The minimum absolute atomic E-state index is 0. The maximum atomic E-state index is 12.7. The SMILES string of the molecule is CON=C[C@]12CC[C@H]3[C@@H](CCC4CCCC[C@@]43C)[C@@H]1CCC2=O.Cl. The van der Waals surface area contributed by atoms with E-state index in [2.05, 4.69) is 12.1 Å². The molecule has 4 rings (SSSR count). The van der Waals surface area contributed by atoms with Crippen molar-refractivity contribution in [2.75, 3.05) is 7.11 Å². The molecule has 0 bridgehead atoms. The number of hydrogen-bond acceptors (Lipinski definition) is 3. The number of carbonyl (C=O) groups excluding carboxylic acids is 1. The van der Waals surface area contributed by atoms with Crippen LogP contribution in [0.1, 0.15) is 71.1 Å². The van der Waals surface area contributed by atoms with Gasteiger partial charge in [0, 0.05) is 6.42 Å². The molecule has 24 heavy (non-hydrogen) atoms. The summed E-state index contributed by atoms with van der Waals surface area (Å²) in [6.45, 7) is 2.58. The molecule has 136 valence electrons. The van der Waals surface area contributed by atoms with Crippen LogP contribution in [0.3, 0.4) is 0 Å². The molecule has 0 radical (unpaired) electrons. The fourth-order valence-electron chi connectivity index (χ4n) is 7.18. The molecule has 0 aliphatic heterocycles. The first kappa shape index (κ1) is 18.2. The summed E-state index contributed by atoms with van der Waals surface area (Å²) < 4.78 is 0. The van der Waals surface area contributed by atoms with Crippen molar-refractivity contribution < 1.29 is 9.63 Å². The van der Waals surface area contributed by atoms with Crippen molar-refractivity contribution in [3.63, 3.8) is 0 Å². The van der Waals surface area contributed by atoms with E-state index in [0.717, 1.165) is 37.0 Å². The zero-order valence-electron chi connectivity index (χ0n) is 15.1. The van der Waals surface area contributed by atoms with Gasteiger partial charge in [-0.15, -0.1) is 12.4 Å². The molecule has 1 unspecified atom stereocenters. The number of halogens is 1. The molecule has 0 heterocycles. The monoisotopic (exact) mass is 353 g/mol. The summed E-state index contributed by atoms with van der Waals surface area (Å²) in [7, 11) is 1.58. The molecular weight excluding hydrogens is 322 g/mol. The minimum atomic E-state index is -0.297. The first-order valence-corrected chi connectivity index (χ1v) is 9.73. The average molecular weight is 354 g/mol. The predicted molar refractivity (Wildman–Crippen MR) is 98.4 cm³/mol. The van der Waals surface area contributed by atoms with Crippen molar-refractivity contribution in [3.8, 4) is 0 Å². The van der Waals surface area contributed by atoms with E-state index in [9.17, 15) is 4.79 Å². The van der Waals surface area contributed by atoms with Crippen LogP contribution in [0.4, 0.5) is 0 Å². The molecule has 3 nitrogen and oxygen atoms in total. The number of nitrogens with zero attached hydrogens (tertiary/aromatic N) is 1. The largest absolute Gasteiger partial charge is 0.399 e. The van der Waals surface area contributed by atoms with Gasteiger partial charge in [-0.3, -0.25) is 4.79 Å². The lowest BCUT2D eigenvalue weighted by Crippen LogP contribution is -2.54. The average Bonchev–Trinajstić information content (AvgIpc) is 2.90. The van der Waals surface area contributed by atoms with Crippen LogP contribution in [0, 0.1) is 34.5 Å². The molecule has 0 aromatic carbocycles. The van der Waals surface area contributed by atoms with Crippen LogP contribution in [-0.4, -0.2) is 19.1 Å². The zero-order valence-corrected chi connectivity index (χ0v) is 15.9. The highest BCUT2D eigenvalue weighted by molar-refractivity contribution is 6.02. The second-order valence-electron chi connectivity index (χ2n) is 8.86. The highest BCUT2D eigenvalue weighted by Gasteiger charge is 2.61. The van der Waals surface area contributed by atoms with E-state index in [4.69, 9.17) is 4.84 Å². The summed E-state index contributed by atoms with van der Waals surface area (Å²) in [5.74, 6) is 3.46. The highest BCUT2D eigenvalue weighted by Crippen LogP contribution is 2.65. The Morgan fingerprint density at radius 1 is 1.08 bits per heavy atom. The predicted octanol–water partition coefficient (Wildman–Crippen LogP) is 5.02. The molecule has 0 saturated heterocycles. The standard InChI is InChI=1S/C20H31NO2.ClH/c1-19-11-4-3-5-14(19)6-7-15-16(19)10-12-20(13-21-23-2)17(15)8-9-18(20)22;/h13-17H,3-12H2,1-2H3;1H/t14?,15-,16+,17+,19+,20-;/m1./s1. The second-order valence-corrected chi connectivity index (χ2v) is 8.86. The van der Waals surface area contributed by atoms with Crippen molar-refractivity contribution in [2.24, 2.45) is 39.7 Å². The van der Waals surface area contributed by atoms with Gasteiger partial charge < -0.3 is 4.84 Å². The van der Waals surface area contributed by atoms with E-state index in [1.54, 1.807) is 7.11 Å². The van der Waals surface area contributed by atoms with Crippen LogP contribution >= 0.6 is 12.4 Å². The van der Waals surface area contributed by atoms with Gasteiger partial charge in [0.15, 0.2) is 0 Å². The normalized spacial score (nSPS) is 47.5. The maximum Gasteiger partial charge on any atom is 0.144 e. The first-order chi connectivity index (χ1) is 11.1. The van der Waals surface area contributed by atoms with E-state index in [-0.39, 0.29) is 17.8 Å². The van der Waals surface area contributed by atoms with Crippen molar-refractivity contribution in [1.82, 2.24) is 0 Å². The summed E-state index contributed by atoms with van der Waals surface area (Å²) in [4.78, 5) is 17.7. The Kier molecular flexibility index (Phi) is 5.03. The molecule has 0 spiro atoms. The molecule has 4 aliphatic rings. The van der Waals surface area contributed by atoms with Gasteiger partial charge in [0.2, 0.25) is 0 Å². The number of fused-ring (bicyclic) bond motifs is 5. The van der Waals surface area contributed by atoms with Crippen LogP contribution < -0.4 is 0 Å². The Hall–Kier alpha value is -0.570. The van der Waals surface area contributed by atoms with Gasteiger partial charge in [-0.05, 0) is 74.0 Å². The molecule has 0 N–H and O–H groups in total.